The third-order valence-corrected chi connectivity index (χ3v) is 2.70. The molecule has 0 aliphatic carbocycles. The number of rotatable bonds is 3. The minimum absolute atomic E-state index is 0.523. The predicted octanol–water partition coefficient (Wildman–Crippen LogP) is 1.29. The minimum atomic E-state index is 0.523. The summed E-state index contributed by atoms with van der Waals surface area (Å²) < 4.78 is 10.8. The molecule has 1 aromatic heterocycles. The van der Waals surface area contributed by atoms with E-state index in [1.165, 1.54) is 0 Å². The largest absolute Gasteiger partial charge is 0.476 e. The van der Waals surface area contributed by atoms with E-state index in [0.717, 1.165) is 38.5 Å². The molecule has 17 heavy (non-hydrogen) atoms. The number of pyridine rings is 1. The molecule has 2 N–H and O–H groups in total. The monoisotopic (exact) mass is 237 g/mol. The zero-order valence-corrected chi connectivity index (χ0v) is 10.2. The van der Waals surface area contributed by atoms with Crippen LogP contribution in [0, 0.1) is 0 Å². The van der Waals surface area contributed by atoms with Crippen LogP contribution in [-0.2, 0) is 4.74 Å². The van der Waals surface area contributed by atoms with Crippen molar-refractivity contribution in [1.82, 2.24) is 4.98 Å². The van der Waals surface area contributed by atoms with Crippen molar-refractivity contribution in [2.24, 2.45) is 0 Å². The molecule has 0 atom stereocenters. The average molecular weight is 237 g/mol. The summed E-state index contributed by atoms with van der Waals surface area (Å²) >= 11 is 0. The summed E-state index contributed by atoms with van der Waals surface area (Å²) in [6, 6.07) is 3.78. The summed E-state index contributed by atoms with van der Waals surface area (Å²) in [6.07, 6.45) is 1.02. The lowest BCUT2D eigenvalue weighted by Gasteiger charge is -2.21. The first-order valence-electron chi connectivity index (χ1n) is 6.03. The van der Waals surface area contributed by atoms with Crippen LogP contribution in [0.1, 0.15) is 13.3 Å². The maximum absolute atomic E-state index is 5.81. The van der Waals surface area contributed by atoms with Gasteiger partial charge >= 0.3 is 0 Å². The van der Waals surface area contributed by atoms with E-state index in [1.807, 2.05) is 19.1 Å². The molecular weight excluding hydrogens is 218 g/mol. The summed E-state index contributed by atoms with van der Waals surface area (Å²) in [5.41, 5.74) is 6.39. The molecule has 94 valence electrons. The standard InChI is InChI=1S/C12H19N3O2/c1-2-17-12-10(13)4-5-11(14-12)15-6-3-8-16-9-7-15/h4-5H,2-3,6-9,13H2,1H3. The lowest BCUT2D eigenvalue weighted by atomic mass is 10.3. The van der Waals surface area contributed by atoms with Crippen LogP contribution in [-0.4, -0.2) is 37.9 Å². The second-order valence-electron chi connectivity index (χ2n) is 3.95. The fourth-order valence-electron chi connectivity index (χ4n) is 1.85. The van der Waals surface area contributed by atoms with Crippen molar-refractivity contribution in [1.29, 1.82) is 0 Å². The Morgan fingerprint density at radius 3 is 3.12 bits per heavy atom. The van der Waals surface area contributed by atoms with Gasteiger partial charge in [0.25, 0.3) is 0 Å². The van der Waals surface area contributed by atoms with E-state index in [-0.39, 0.29) is 0 Å². The second-order valence-corrected chi connectivity index (χ2v) is 3.95. The fourth-order valence-corrected chi connectivity index (χ4v) is 1.85. The van der Waals surface area contributed by atoms with Crippen molar-refractivity contribution in [2.45, 2.75) is 13.3 Å². The highest BCUT2D eigenvalue weighted by atomic mass is 16.5. The van der Waals surface area contributed by atoms with Crippen molar-refractivity contribution < 1.29 is 9.47 Å². The third kappa shape index (κ3) is 3.00. The number of hydrogen-bond donors (Lipinski definition) is 1. The number of ether oxygens (including phenoxy) is 2. The van der Waals surface area contributed by atoms with Gasteiger partial charge in [0.05, 0.1) is 18.9 Å². The summed E-state index contributed by atoms with van der Waals surface area (Å²) in [5, 5.41) is 0. The Labute approximate surface area is 102 Å². The van der Waals surface area contributed by atoms with Gasteiger partial charge in [0.15, 0.2) is 0 Å². The molecule has 5 heteroatoms. The highest BCUT2D eigenvalue weighted by molar-refractivity contribution is 5.54. The summed E-state index contributed by atoms with van der Waals surface area (Å²) in [7, 11) is 0. The fraction of sp³-hybridized carbons (Fsp3) is 0.583. The molecule has 2 heterocycles. The van der Waals surface area contributed by atoms with Crippen molar-refractivity contribution in [2.75, 3.05) is 43.5 Å². The molecular formula is C12H19N3O2. The van der Waals surface area contributed by atoms with Gasteiger partial charge in [-0.05, 0) is 25.5 Å². The first kappa shape index (κ1) is 12.0. The minimum Gasteiger partial charge on any atom is -0.476 e. The topological polar surface area (TPSA) is 60.6 Å². The second kappa shape index (κ2) is 5.72. The number of nitrogen functional groups attached to an aromatic ring is 1. The predicted molar refractivity (Wildman–Crippen MR) is 67.5 cm³/mol. The Kier molecular flexibility index (Phi) is 4.03. The van der Waals surface area contributed by atoms with Gasteiger partial charge in [-0.3, -0.25) is 0 Å². The maximum atomic E-state index is 5.81. The highest BCUT2D eigenvalue weighted by Crippen LogP contribution is 2.23. The number of nitrogens with two attached hydrogens (primary N) is 1. The van der Waals surface area contributed by atoms with E-state index in [4.69, 9.17) is 15.2 Å². The van der Waals surface area contributed by atoms with Gasteiger partial charge in [0.2, 0.25) is 5.88 Å². The van der Waals surface area contributed by atoms with E-state index in [1.54, 1.807) is 0 Å². The van der Waals surface area contributed by atoms with E-state index < -0.39 is 0 Å². The first-order valence-corrected chi connectivity index (χ1v) is 6.03. The van der Waals surface area contributed by atoms with Crippen molar-refractivity contribution >= 4 is 11.5 Å². The Hall–Kier alpha value is -1.49. The van der Waals surface area contributed by atoms with E-state index in [9.17, 15) is 0 Å². The van der Waals surface area contributed by atoms with Crippen LogP contribution < -0.4 is 15.4 Å². The Morgan fingerprint density at radius 1 is 1.41 bits per heavy atom. The normalized spacial score (nSPS) is 16.6. The summed E-state index contributed by atoms with van der Waals surface area (Å²) in [4.78, 5) is 6.65. The molecule has 1 saturated heterocycles. The summed E-state index contributed by atoms with van der Waals surface area (Å²) in [6.45, 7) is 5.89. The molecule has 0 radical (unpaired) electrons. The number of hydrogen-bond acceptors (Lipinski definition) is 5. The Bertz CT molecular complexity index is 363. The van der Waals surface area contributed by atoms with Gasteiger partial charge in [-0.15, -0.1) is 0 Å². The van der Waals surface area contributed by atoms with E-state index in [2.05, 4.69) is 9.88 Å². The molecule has 1 aromatic rings. The quantitative estimate of drug-likeness (QED) is 0.858. The van der Waals surface area contributed by atoms with Crippen LogP contribution in [0.25, 0.3) is 0 Å². The SMILES string of the molecule is CCOc1nc(N2CCCOCC2)ccc1N. The molecule has 0 bridgehead atoms. The molecule has 0 saturated carbocycles. The summed E-state index contributed by atoms with van der Waals surface area (Å²) in [5.74, 6) is 1.43. The van der Waals surface area contributed by atoms with Crippen LogP contribution in [0.5, 0.6) is 5.88 Å². The first-order chi connectivity index (χ1) is 8.31. The lowest BCUT2D eigenvalue weighted by molar-refractivity contribution is 0.152. The van der Waals surface area contributed by atoms with Crippen LogP contribution in [0.15, 0.2) is 12.1 Å². The number of aromatic nitrogens is 1. The Balaban J connectivity index is 2.16. The van der Waals surface area contributed by atoms with Gasteiger partial charge in [0.1, 0.15) is 5.82 Å². The third-order valence-electron chi connectivity index (χ3n) is 2.70. The number of nitrogens with zero attached hydrogens (tertiary/aromatic N) is 2. The molecule has 0 spiro atoms. The van der Waals surface area contributed by atoms with Gasteiger partial charge in [-0.1, -0.05) is 0 Å². The lowest BCUT2D eigenvalue weighted by Crippen LogP contribution is -2.26. The molecule has 1 fully saturated rings. The van der Waals surface area contributed by atoms with Crippen LogP contribution in [0.3, 0.4) is 0 Å². The van der Waals surface area contributed by atoms with E-state index in [0.29, 0.717) is 18.2 Å². The van der Waals surface area contributed by atoms with Crippen molar-refractivity contribution in [3.05, 3.63) is 12.1 Å². The molecule has 0 aromatic carbocycles. The molecule has 1 aliphatic rings. The zero-order chi connectivity index (χ0) is 12.1. The molecule has 0 unspecified atom stereocenters. The maximum Gasteiger partial charge on any atom is 0.239 e. The Morgan fingerprint density at radius 2 is 2.29 bits per heavy atom. The molecule has 0 amide bonds. The smallest absolute Gasteiger partial charge is 0.239 e. The molecule has 5 nitrogen and oxygen atoms in total. The van der Waals surface area contributed by atoms with E-state index >= 15 is 0 Å². The van der Waals surface area contributed by atoms with Crippen molar-refractivity contribution in [3.63, 3.8) is 0 Å². The zero-order valence-electron chi connectivity index (χ0n) is 10.2. The van der Waals surface area contributed by atoms with Crippen LogP contribution >= 0.6 is 0 Å². The molecule has 2 rings (SSSR count). The van der Waals surface area contributed by atoms with Gasteiger partial charge in [-0.25, -0.2) is 0 Å². The van der Waals surface area contributed by atoms with Gasteiger partial charge < -0.3 is 20.1 Å². The van der Waals surface area contributed by atoms with Crippen LogP contribution in [0.4, 0.5) is 11.5 Å². The van der Waals surface area contributed by atoms with Crippen molar-refractivity contribution in [3.8, 4) is 5.88 Å². The van der Waals surface area contributed by atoms with Gasteiger partial charge in [-0.2, -0.15) is 4.98 Å². The highest BCUT2D eigenvalue weighted by Gasteiger charge is 2.13. The average Bonchev–Trinajstić information content (AvgIpc) is 2.61. The van der Waals surface area contributed by atoms with Gasteiger partial charge in [0, 0.05) is 19.7 Å². The number of anilines is 2. The molecule has 1 aliphatic heterocycles. The van der Waals surface area contributed by atoms with Crippen LogP contribution in [0.2, 0.25) is 0 Å².